The van der Waals surface area contributed by atoms with Gasteiger partial charge < -0.3 is 20.1 Å². The number of carbonyl (C=O) groups excluding carboxylic acids is 2. The van der Waals surface area contributed by atoms with Crippen LogP contribution >= 0.6 is 0 Å². The fourth-order valence-electron chi connectivity index (χ4n) is 3.31. The lowest BCUT2D eigenvalue weighted by Gasteiger charge is -2.21. The number of amides is 2. The molecule has 2 amide bonds. The van der Waals surface area contributed by atoms with Crippen molar-refractivity contribution >= 4 is 23.2 Å². The molecule has 1 heterocycles. The number of ether oxygens (including phenoxy) is 1. The van der Waals surface area contributed by atoms with E-state index >= 15 is 0 Å². The van der Waals surface area contributed by atoms with E-state index in [4.69, 9.17) is 4.74 Å². The van der Waals surface area contributed by atoms with Gasteiger partial charge in [-0.25, -0.2) is 0 Å². The van der Waals surface area contributed by atoms with Crippen LogP contribution in [0.2, 0.25) is 0 Å². The summed E-state index contributed by atoms with van der Waals surface area (Å²) in [4.78, 5) is 26.9. The summed E-state index contributed by atoms with van der Waals surface area (Å²) in [6, 6.07) is 12.4. The number of anilines is 2. The average molecular weight is 382 g/mol. The molecule has 1 saturated heterocycles. The fraction of sp³-hybridized carbons (Fsp3) is 0.364. The second-order valence-electron chi connectivity index (χ2n) is 8.05. The van der Waals surface area contributed by atoms with E-state index in [0.717, 1.165) is 5.56 Å². The van der Waals surface area contributed by atoms with E-state index in [9.17, 15) is 14.7 Å². The number of hydrogen-bond acceptors (Lipinski definition) is 4. The first-order valence-corrected chi connectivity index (χ1v) is 9.28. The van der Waals surface area contributed by atoms with Crippen molar-refractivity contribution in [1.82, 2.24) is 0 Å². The van der Waals surface area contributed by atoms with Gasteiger partial charge in [0.2, 0.25) is 11.8 Å². The van der Waals surface area contributed by atoms with E-state index in [1.165, 1.54) is 0 Å². The van der Waals surface area contributed by atoms with Crippen LogP contribution < -0.4 is 15.0 Å². The molecule has 1 atom stereocenters. The summed E-state index contributed by atoms with van der Waals surface area (Å²) in [6.07, 6.45) is 0.115. The summed E-state index contributed by atoms with van der Waals surface area (Å²) < 4.78 is 5.33. The molecule has 148 valence electrons. The zero-order valence-electron chi connectivity index (χ0n) is 16.7. The summed E-state index contributed by atoms with van der Waals surface area (Å²) in [6.45, 7) is 6.45. The van der Waals surface area contributed by atoms with Gasteiger partial charge in [0.05, 0.1) is 24.4 Å². The Hall–Kier alpha value is -3.02. The van der Waals surface area contributed by atoms with Crippen LogP contribution in [0.15, 0.2) is 42.5 Å². The van der Waals surface area contributed by atoms with Crippen molar-refractivity contribution in [1.29, 1.82) is 0 Å². The molecule has 2 N–H and O–H groups in total. The highest BCUT2D eigenvalue weighted by molar-refractivity contribution is 6.04. The Labute approximate surface area is 165 Å². The molecular formula is C22H26N2O4. The summed E-state index contributed by atoms with van der Waals surface area (Å²) >= 11 is 0. The summed E-state index contributed by atoms with van der Waals surface area (Å²) in [5.74, 6) is -0.320. The van der Waals surface area contributed by atoms with Crippen LogP contribution in [0.1, 0.15) is 32.8 Å². The van der Waals surface area contributed by atoms with Crippen molar-refractivity contribution in [2.24, 2.45) is 5.92 Å². The predicted molar refractivity (Wildman–Crippen MR) is 109 cm³/mol. The van der Waals surface area contributed by atoms with Crippen LogP contribution in [0.4, 0.5) is 11.4 Å². The smallest absolute Gasteiger partial charge is 0.229 e. The molecule has 6 heteroatoms. The average Bonchev–Trinajstić information content (AvgIpc) is 3.04. The van der Waals surface area contributed by atoms with E-state index in [2.05, 4.69) is 26.1 Å². The van der Waals surface area contributed by atoms with Gasteiger partial charge in [0.15, 0.2) is 0 Å². The minimum atomic E-state index is -0.505. The number of nitrogens with zero attached hydrogens (tertiary/aromatic N) is 1. The summed E-state index contributed by atoms with van der Waals surface area (Å²) in [5.41, 5.74) is 1.90. The molecule has 2 aromatic rings. The molecule has 0 saturated carbocycles. The van der Waals surface area contributed by atoms with Crippen molar-refractivity contribution in [3.8, 4) is 11.5 Å². The minimum absolute atomic E-state index is 0.00672. The van der Waals surface area contributed by atoms with Crippen LogP contribution in [0.5, 0.6) is 11.5 Å². The fourth-order valence-corrected chi connectivity index (χ4v) is 3.31. The number of rotatable bonds is 4. The van der Waals surface area contributed by atoms with Gasteiger partial charge in [-0.1, -0.05) is 39.0 Å². The Bertz CT molecular complexity index is 902. The first-order chi connectivity index (χ1) is 13.2. The molecule has 1 aliphatic rings. The number of phenolic OH excluding ortho intramolecular Hbond substituents is 1. The first kappa shape index (κ1) is 19.7. The molecule has 6 nitrogen and oxygen atoms in total. The van der Waals surface area contributed by atoms with Crippen molar-refractivity contribution in [2.75, 3.05) is 23.9 Å². The van der Waals surface area contributed by atoms with Crippen molar-refractivity contribution in [3.63, 3.8) is 0 Å². The van der Waals surface area contributed by atoms with Crippen molar-refractivity contribution in [2.45, 2.75) is 32.6 Å². The van der Waals surface area contributed by atoms with Gasteiger partial charge in [-0.2, -0.15) is 0 Å². The molecule has 28 heavy (non-hydrogen) atoms. The Balaban J connectivity index is 1.77. The monoisotopic (exact) mass is 382 g/mol. The van der Waals surface area contributed by atoms with E-state index in [1.54, 1.807) is 36.3 Å². The van der Waals surface area contributed by atoms with Gasteiger partial charge >= 0.3 is 0 Å². The second kappa shape index (κ2) is 7.54. The third-order valence-electron chi connectivity index (χ3n) is 4.99. The molecule has 0 bridgehead atoms. The number of aromatic hydroxyl groups is 1. The highest BCUT2D eigenvalue weighted by Crippen LogP contribution is 2.34. The molecule has 1 unspecified atom stereocenters. The first-order valence-electron chi connectivity index (χ1n) is 9.28. The van der Waals surface area contributed by atoms with Gasteiger partial charge in [-0.3, -0.25) is 9.59 Å². The van der Waals surface area contributed by atoms with E-state index in [-0.39, 0.29) is 35.9 Å². The summed E-state index contributed by atoms with van der Waals surface area (Å²) in [5, 5.41) is 12.9. The molecular weight excluding hydrogens is 356 g/mol. The molecule has 1 fully saturated rings. The SMILES string of the molecule is COc1ccccc1N1CC(C(=O)Nc2cc(C(C)(C)C)ccc2O)CC1=O. The Kier molecular flexibility index (Phi) is 5.31. The number of methoxy groups -OCH3 is 1. The molecule has 0 spiro atoms. The maximum absolute atomic E-state index is 12.8. The predicted octanol–water partition coefficient (Wildman–Crippen LogP) is 3.69. The van der Waals surface area contributed by atoms with Gasteiger partial charge in [-0.15, -0.1) is 0 Å². The Morgan fingerprint density at radius 2 is 1.93 bits per heavy atom. The molecule has 0 radical (unpaired) electrons. The van der Waals surface area contributed by atoms with Crippen molar-refractivity contribution < 1.29 is 19.4 Å². The Morgan fingerprint density at radius 1 is 1.21 bits per heavy atom. The largest absolute Gasteiger partial charge is 0.506 e. The van der Waals surface area contributed by atoms with Crippen LogP contribution in [-0.4, -0.2) is 30.6 Å². The quantitative estimate of drug-likeness (QED) is 0.791. The lowest BCUT2D eigenvalue weighted by Crippen LogP contribution is -2.28. The number of phenols is 1. The third kappa shape index (κ3) is 3.96. The number of hydrogen-bond donors (Lipinski definition) is 2. The topological polar surface area (TPSA) is 78.9 Å². The number of para-hydroxylation sites is 2. The maximum Gasteiger partial charge on any atom is 0.229 e. The van der Waals surface area contributed by atoms with E-state index in [1.807, 2.05) is 18.2 Å². The molecule has 0 aromatic heterocycles. The normalized spacial score (nSPS) is 16.9. The maximum atomic E-state index is 12.8. The third-order valence-corrected chi connectivity index (χ3v) is 4.99. The van der Waals surface area contributed by atoms with Crippen LogP contribution in [0.25, 0.3) is 0 Å². The molecule has 3 rings (SSSR count). The minimum Gasteiger partial charge on any atom is -0.506 e. The molecule has 0 aliphatic carbocycles. The molecule has 2 aromatic carbocycles. The van der Waals surface area contributed by atoms with Crippen LogP contribution in [0, 0.1) is 5.92 Å². The second-order valence-corrected chi connectivity index (χ2v) is 8.05. The zero-order valence-corrected chi connectivity index (χ0v) is 16.7. The lowest BCUT2D eigenvalue weighted by atomic mass is 9.87. The van der Waals surface area contributed by atoms with E-state index < -0.39 is 5.92 Å². The van der Waals surface area contributed by atoms with E-state index in [0.29, 0.717) is 17.1 Å². The zero-order chi connectivity index (χ0) is 20.5. The van der Waals surface area contributed by atoms with Gasteiger partial charge in [0.1, 0.15) is 11.5 Å². The van der Waals surface area contributed by atoms with Crippen LogP contribution in [0.3, 0.4) is 0 Å². The standard InChI is InChI=1S/C22H26N2O4/c1-22(2,3)15-9-10-18(25)16(12-15)23-21(27)14-11-20(26)24(13-14)17-7-5-6-8-19(17)28-4/h5-10,12,14,25H,11,13H2,1-4H3,(H,23,27). The van der Waals surface area contributed by atoms with Crippen molar-refractivity contribution in [3.05, 3.63) is 48.0 Å². The Morgan fingerprint density at radius 3 is 2.61 bits per heavy atom. The highest BCUT2D eigenvalue weighted by atomic mass is 16.5. The number of benzene rings is 2. The van der Waals surface area contributed by atoms with Gasteiger partial charge in [0, 0.05) is 13.0 Å². The van der Waals surface area contributed by atoms with Crippen LogP contribution in [-0.2, 0) is 15.0 Å². The lowest BCUT2D eigenvalue weighted by molar-refractivity contribution is -0.122. The van der Waals surface area contributed by atoms with Gasteiger partial charge in [-0.05, 0) is 35.2 Å². The molecule has 1 aliphatic heterocycles. The number of nitrogens with one attached hydrogen (secondary N) is 1. The highest BCUT2D eigenvalue weighted by Gasteiger charge is 2.36. The summed E-state index contributed by atoms with van der Waals surface area (Å²) in [7, 11) is 1.55. The van der Waals surface area contributed by atoms with Gasteiger partial charge in [0.25, 0.3) is 0 Å². The number of carbonyl (C=O) groups is 2.